The third kappa shape index (κ3) is 6.07. The number of nitrogens with zero attached hydrogens (tertiary/aromatic N) is 3. The first-order valence-corrected chi connectivity index (χ1v) is 12.3. The molecule has 0 saturated heterocycles. The molecule has 35 heavy (non-hydrogen) atoms. The first-order chi connectivity index (χ1) is 17.0. The van der Waals surface area contributed by atoms with Crippen LogP contribution in [0.15, 0.2) is 59.1 Å². The molecule has 1 aliphatic carbocycles. The number of hydrogen-bond donors (Lipinski definition) is 2. The molecule has 3 aromatic rings. The minimum atomic E-state index is -0.590. The third-order valence-electron chi connectivity index (χ3n) is 6.52. The van der Waals surface area contributed by atoms with Gasteiger partial charge in [0.05, 0.1) is 11.4 Å². The summed E-state index contributed by atoms with van der Waals surface area (Å²) in [6.45, 7) is 1.52. The van der Waals surface area contributed by atoms with E-state index >= 15 is 0 Å². The number of benzene rings is 2. The highest BCUT2D eigenvalue weighted by Gasteiger charge is 2.38. The molecule has 2 N–H and O–H groups in total. The Balaban J connectivity index is 1.41. The lowest BCUT2D eigenvalue weighted by Crippen LogP contribution is -2.45. The fourth-order valence-electron chi connectivity index (χ4n) is 4.72. The van der Waals surface area contributed by atoms with E-state index in [1.54, 1.807) is 0 Å². The smallest absolute Gasteiger partial charge is 0.227 e. The van der Waals surface area contributed by atoms with Crippen LogP contribution in [-0.4, -0.2) is 29.0 Å². The number of carbonyl (C=O) groups is 2. The summed E-state index contributed by atoms with van der Waals surface area (Å²) in [5.74, 6) is 0.681. The van der Waals surface area contributed by atoms with Gasteiger partial charge >= 0.3 is 0 Å². The minimum absolute atomic E-state index is 0.100. The summed E-state index contributed by atoms with van der Waals surface area (Å²) in [6.07, 6.45) is 6.38. The molecule has 0 bridgehead atoms. The molecule has 1 saturated carbocycles. The predicted molar refractivity (Wildman–Crippen MR) is 135 cm³/mol. The van der Waals surface area contributed by atoms with Gasteiger partial charge in [0.1, 0.15) is 5.54 Å². The van der Waals surface area contributed by atoms with Crippen molar-refractivity contribution in [2.75, 3.05) is 17.3 Å². The highest BCUT2D eigenvalue weighted by molar-refractivity contribution is 5.95. The summed E-state index contributed by atoms with van der Waals surface area (Å²) in [7, 11) is 1.97. The normalized spacial score (nSPS) is 15.1. The van der Waals surface area contributed by atoms with Gasteiger partial charge in [-0.25, -0.2) is 0 Å². The first kappa shape index (κ1) is 24.4. The SMILES string of the molecule is CC(=O)NC1(c2noc(CCC(=O)Nc3ccccc3N(C)c3ccccc3)n2)CCCCCC1. The zero-order chi connectivity index (χ0) is 24.7. The van der Waals surface area contributed by atoms with E-state index < -0.39 is 5.54 Å². The first-order valence-electron chi connectivity index (χ1n) is 12.3. The van der Waals surface area contributed by atoms with E-state index in [1.807, 2.05) is 66.5 Å². The number of aryl methyl sites for hydroxylation is 1. The third-order valence-corrected chi connectivity index (χ3v) is 6.52. The number of aromatic nitrogens is 2. The molecule has 1 aliphatic rings. The molecule has 1 aromatic heterocycles. The van der Waals surface area contributed by atoms with E-state index in [9.17, 15) is 9.59 Å². The van der Waals surface area contributed by atoms with Gasteiger partial charge in [0.2, 0.25) is 17.7 Å². The van der Waals surface area contributed by atoms with Crippen LogP contribution >= 0.6 is 0 Å². The maximum absolute atomic E-state index is 12.8. The zero-order valence-corrected chi connectivity index (χ0v) is 20.4. The fourth-order valence-corrected chi connectivity index (χ4v) is 4.72. The largest absolute Gasteiger partial charge is 0.343 e. The van der Waals surface area contributed by atoms with Crippen molar-refractivity contribution in [1.82, 2.24) is 15.5 Å². The zero-order valence-electron chi connectivity index (χ0n) is 20.4. The van der Waals surface area contributed by atoms with E-state index in [0.717, 1.165) is 55.6 Å². The van der Waals surface area contributed by atoms with E-state index in [0.29, 0.717) is 18.1 Å². The summed E-state index contributed by atoms with van der Waals surface area (Å²) in [4.78, 5) is 31.3. The Bertz CT molecular complexity index is 1140. The van der Waals surface area contributed by atoms with Crippen LogP contribution in [0, 0.1) is 0 Å². The van der Waals surface area contributed by atoms with Crippen molar-refractivity contribution < 1.29 is 14.1 Å². The second-order valence-electron chi connectivity index (χ2n) is 9.15. The summed E-state index contributed by atoms with van der Waals surface area (Å²) < 4.78 is 5.49. The summed E-state index contributed by atoms with van der Waals surface area (Å²) in [6, 6.07) is 17.7. The van der Waals surface area contributed by atoms with Gasteiger partial charge in [-0.2, -0.15) is 4.98 Å². The molecule has 0 unspecified atom stereocenters. The number of nitrogens with one attached hydrogen (secondary N) is 2. The lowest BCUT2D eigenvalue weighted by molar-refractivity contribution is -0.121. The van der Waals surface area contributed by atoms with Gasteiger partial charge in [-0.15, -0.1) is 0 Å². The molecular weight excluding hydrogens is 442 g/mol. The number of carbonyl (C=O) groups excluding carboxylic acids is 2. The maximum atomic E-state index is 12.8. The van der Waals surface area contributed by atoms with E-state index in [1.165, 1.54) is 6.92 Å². The van der Waals surface area contributed by atoms with Crippen molar-refractivity contribution in [2.45, 2.75) is 63.8 Å². The number of para-hydroxylation sites is 3. The topological polar surface area (TPSA) is 100 Å². The van der Waals surface area contributed by atoms with E-state index in [-0.39, 0.29) is 18.2 Å². The Labute approximate surface area is 206 Å². The molecule has 0 radical (unpaired) electrons. The molecule has 0 aliphatic heterocycles. The fraction of sp³-hybridized carbons (Fsp3) is 0.407. The van der Waals surface area contributed by atoms with Crippen LogP contribution in [0.1, 0.15) is 63.6 Å². The number of anilines is 3. The van der Waals surface area contributed by atoms with Gasteiger partial charge in [0, 0.05) is 32.5 Å². The minimum Gasteiger partial charge on any atom is -0.343 e. The van der Waals surface area contributed by atoms with Gasteiger partial charge in [0.15, 0.2) is 5.82 Å². The number of hydrogen-bond acceptors (Lipinski definition) is 6. The molecule has 8 nitrogen and oxygen atoms in total. The summed E-state index contributed by atoms with van der Waals surface area (Å²) in [5, 5.41) is 10.3. The lowest BCUT2D eigenvalue weighted by Gasteiger charge is -2.30. The molecule has 1 heterocycles. The molecule has 2 amide bonds. The highest BCUT2D eigenvalue weighted by Crippen LogP contribution is 2.35. The Morgan fingerprint density at radius 2 is 1.69 bits per heavy atom. The van der Waals surface area contributed by atoms with Crippen LogP contribution in [-0.2, 0) is 21.5 Å². The second kappa shape index (κ2) is 11.2. The Morgan fingerprint density at radius 1 is 1.00 bits per heavy atom. The molecular formula is C27H33N5O3. The van der Waals surface area contributed by atoms with Crippen LogP contribution in [0.3, 0.4) is 0 Å². The van der Waals surface area contributed by atoms with Crippen molar-refractivity contribution in [1.29, 1.82) is 0 Å². The lowest BCUT2D eigenvalue weighted by atomic mass is 9.89. The van der Waals surface area contributed by atoms with Gasteiger partial charge < -0.3 is 20.1 Å². The second-order valence-corrected chi connectivity index (χ2v) is 9.15. The van der Waals surface area contributed by atoms with Crippen LogP contribution in [0.25, 0.3) is 0 Å². The van der Waals surface area contributed by atoms with Crippen LogP contribution in [0.2, 0.25) is 0 Å². The van der Waals surface area contributed by atoms with E-state index in [4.69, 9.17) is 4.52 Å². The molecule has 184 valence electrons. The van der Waals surface area contributed by atoms with E-state index in [2.05, 4.69) is 20.8 Å². The summed E-state index contributed by atoms with van der Waals surface area (Å²) in [5.41, 5.74) is 2.07. The van der Waals surface area contributed by atoms with Crippen molar-refractivity contribution >= 4 is 28.9 Å². The Hall–Kier alpha value is -3.68. The van der Waals surface area contributed by atoms with Crippen molar-refractivity contribution in [2.24, 2.45) is 0 Å². The Kier molecular flexibility index (Phi) is 7.80. The average Bonchev–Trinajstić information content (AvgIpc) is 3.23. The van der Waals surface area contributed by atoms with Crippen molar-refractivity contribution in [3.8, 4) is 0 Å². The van der Waals surface area contributed by atoms with Crippen LogP contribution in [0.4, 0.5) is 17.1 Å². The highest BCUT2D eigenvalue weighted by atomic mass is 16.5. The van der Waals surface area contributed by atoms with Gasteiger partial charge in [-0.3, -0.25) is 9.59 Å². The monoisotopic (exact) mass is 475 g/mol. The standard InChI is InChI=1S/C27H33N5O3/c1-20(33)30-27(18-10-3-4-11-19-27)26-29-25(35-31-26)17-16-24(34)28-22-14-8-9-15-23(22)32(2)21-12-6-5-7-13-21/h5-9,12-15H,3-4,10-11,16-19H2,1-2H3,(H,28,34)(H,30,33). The molecule has 1 fully saturated rings. The quantitative estimate of drug-likeness (QED) is 0.440. The van der Waals surface area contributed by atoms with Crippen LogP contribution < -0.4 is 15.5 Å². The summed E-state index contributed by atoms with van der Waals surface area (Å²) >= 11 is 0. The molecule has 0 atom stereocenters. The predicted octanol–water partition coefficient (Wildman–Crippen LogP) is 5.09. The molecule has 2 aromatic carbocycles. The number of rotatable bonds is 8. The number of amides is 2. The molecule has 0 spiro atoms. The molecule has 8 heteroatoms. The molecule has 4 rings (SSSR count). The van der Waals surface area contributed by atoms with Gasteiger partial charge in [0.25, 0.3) is 0 Å². The van der Waals surface area contributed by atoms with Crippen molar-refractivity contribution in [3.63, 3.8) is 0 Å². The van der Waals surface area contributed by atoms with Gasteiger partial charge in [-0.1, -0.05) is 61.2 Å². The Morgan fingerprint density at radius 3 is 2.40 bits per heavy atom. The maximum Gasteiger partial charge on any atom is 0.227 e. The van der Waals surface area contributed by atoms with Crippen LogP contribution in [0.5, 0.6) is 0 Å². The average molecular weight is 476 g/mol. The van der Waals surface area contributed by atoms with Gasteiger partial charge in [-0.05, 0) is 37.1 Å². The van der Waals surface area contributed by atoms with Crippen molar-refractivity contribution in [3.05, 3.63) is 66.3 Å².